The molecule has 1 aliphatic carbocycles. The highest BCUT2D eigenvalue weighted by molar-refractivity contribution is 5.82. The largest absolute Gasteiger partial charge is 0.481 e. The lowest BCUT2D eigenvalue weighted by Crippen LogP contribution is -2.49. The zero-order chi connectivity index (χ0) is 15.5. The van der Waals surface area contributed by atoms with Crippen molar-refractivity contribution < 1.29 is 14.6 Å². The smallest absolute Gasteiger partial charge is 0.329 e. The predicted molar refractivity (Wildman–Crippen MR) is 79.6 cm³/mol. The Morgan fingerprint density at radius 1 is 1.48 bits per heavy atom. The molecule has 0 amide bonds. The van der Waals surface area contributed by atoms with Gasteiger partial charge in [-0.25, -0.2) is 9.78 Å². The molecule has 0 saturated heterocycles. The van der Waals surface area contributed by atoms with Gasteiger partial charge in [-0.05, 0) is 38.5 Å². The Balaban J connectivity index is 2.21. The number of aryl methyl sites for hydroxylation is 1. The number of hydrogen-bond donors (Lipinski definition) is 2. The molecule has 1 heterocycles. The first-order valence-corrected chi connectivity index (χ1v) is 7.40. The van der Waals surface area contributed by atoms with E-state index in [9.17, 15) is 9.90 Å². The van der Waals surface area contributed by atoms with Crippen LogP contribution in [0.4, 0.5) is 5.82 Å². The zero-order valence-corrected chi connectivity index (χ0v) is 12.8. The number of nitrogens with zero attached hydrogens (tertiary/aromatic N) is 2. The van der Waals surface area contributed by atoms with Gasteiger partial charge in [0.1, 0.15) is 17.2 Å². The monoisotopic (exact) mass is 293 g/mol. The first kappa shape index (κ1) is 15.5. The third-order valence-corrected chi connectivity index (χ3v) is 4.34. The van der Waals surface area contributed by atoms with Crippen LogP contribution in [0.1, 0.15) is 44.9 Å². The van der Waals surface area contributed by atoms with Crippen molar-refractivity contribution >= 4 is 11.8 Å². The van der Waals surface area contributed by atoms with Crippen LogP contribution in [-0.4, -0.2) is 33.7 Å². The number of rotatable bonds is 5. The molecule has 0 unspecified atom stereocenters. The number of methoxy groups -OCH3 is 1. The van der Waals surface area contributed by atoms with Crippen molar-refractivity contribution in [1.82, 2.24) is 9.97 Å². The Labute approximate surface area is 124 Å². The van der Waals surface area contributed by atoms with Crippen LogP contribution in [0.25, 0.3) is 0 Å². The molecule has 1 aliphatic rings. The zero-order valence-electron chi connectivity index (χ0n) is 12.8. The van der Waals surface area contributed by atoms with Gasteiger partial charge >= 0.3 is 5.97 Å². The standard InChI is InChI=1S/C15H23N3O3/c1-4-11-5-7-15(8-6-11,14(19)20)18-12-9-13(21-3)17-10(2)16-12/h9,11H,4-8H2,1-3H3,(H,19,20)(H,16,17,18). The highest BCUT2D eigenvalue weighted by atomic mass is 16.5. The second kappa shape index (κ2) is 6.28. The predicted octanol–water partition coefficient (Wildman–Crippen LogP) is 2.63. The van der Waals surface area contributed by atoms with E-state index in [0.29, 0.717) is 36.3 Å². The highest BCUT2D eigenvalue weighted by Gasteiger charge is 2.42. The minimum atomic E-state index is -0.933. The van der Waals surface area contributed by atoms with Gasteiger partial charge < -0.3 is 15.2 Å². The number of carbonyl (C=O) groups is 1. The second-order valence-corrected chi connectivity index (χ2v) is 5.71. The van der Waals surface area contributed by atoms with Gasteiger partial charge in [0.15, 0.2) is 0 Å². The van der Waals surface area contributed by atoms with Gasteiger partial charge in [-0.1, -0.05) is 13.3 Å². The molecule has 0 spiro atoms. The number of aliphatic carboxylic acids is 1. The summed E-state index contributed by atoms with van der Waals surface area (Å²) in [7, 11) is 1.53. The Bertz CT molecular complexity index is 511. The number of anilines is 1. The number of hydrogen-bond acceptors (Lipinski definition) is 5. The molecule has 0 bridgehead atoms. The van der Waals surface area contributed by atoms with E-state index < -0.39 is 11.5 Å². The normalized spacial score (nSPS) is 25.4. The maximum atomic E-state index is 11.8. The number of carboxylic acids is 1. The number of aromatic nitrogens is 2. The molecule has 6 nitrogen and oxygen atoms in total. The van der Waals surface area contributed by atoms with E-state index in [1.54, 1.807) is 13.0 Å². The maximum absolute atomic E-state index is 11.8. The molecular weight excluding hydrogens is 270 g/mol. The van der Waals surface area contributed by atoms with Crippen LogP contribution >= 0.6 is 0 Å². The molecule has 116 valence electrons. The van der Waals surface area contributed by atoms with Gasteiger partial charge in [-0.3, -0.25) is 0 Å². The van der Waals surface area contributed by atoms with Crippen LogP contribution in [-0.2, 0) is 4.79 Å². The SMILES string of the molecule is CCC1CCC(Nc2cc(OC)nc(C)n2)(C(=O)O)CC1. The van der Waals surface area contributed by atoms with Crippen molar-refractivity contribution in [3.63, 3.8) is 0 Å². The summed E-state index contributed by atoms with van der Waals surface area (Å²) >= 11 is 0. The van der Waals surface area contributed by atoms with E-state index in [2.05, 4.69) is 22.2 Å². The first-order chi connectivity index (χ1) is 9.99. The third-order valence-electron chi connectivity index (χ3n) is 4.34. The van der Waals surface area contributed by atoms with Gasteiger partial charge in [0.2, 0.25) is 5.88 Å². The molecule has 2 N–H and O–H groups in total. The van der Waals surface area contributed by atoms with E-state index in [1.807, 2.05) is 0 Å². The van der Waals surface area contributed by atoms with E-state index in [-0.39, 0.29) is 0 Å². The fraction of sp³-hybridized carbons (Fsp3) is 0.667. The minimum Gasteiger partial charge on any atom is -0.481 e. The molecule has 1 fully saturated rings. The van der Waals surface area contributed by atoms with E-state index in [1.165, 1.54) is 7.11 Å². The Kier molecular flexibility index (Phi) is 4.65. The van der Waals surface area contributed by atoms with Crippen LogP contribution in [0.2, 0.25) is 0 Å². The topological polar surface area (TPSA) is 84.3 Å². The Morgan fingerprint density at radius 3 is 2.67 bits per heavy atom. The Hall–Kier alpha value is -1.85. The molecule has 0 atom stereocenters. The summed E-state index contributed by atoms with van der Waals surface area (Å²) in [5, 5.41) is 12.8. The minimum absolute atomic E-state index is 0.438. The molecular formula is C15H23N3O3. The molecule has 1 aromatic rings. The fourth-order valence-electron chi connectivity index (χ4n) is 2.93. The van der Waals surface area contributed by atoms with E-state index in [0.717, 1.165) is 19.3 Å². The van der Waals surface area contributed by atoms with E-state index >= 15 is 0 Å². The van der Waals surface area contributed by atoms with Crippen LogP contribution < -0.4 is 10.1 Å². The summed E-state index contributed by atoms with van der Waals surface area (Å²) in [4.78, 5) is 20.2. The highest BCUT2D eigenvalue weighted by Crippen LogP contribution is 2.36. The van der Waals surface area contributed by atoms with Crippen LogP contribution in [0, 0.1) is 12.8 Å². The van der Waals surface area contributed by atoms with Crippen molar-refractivity contribution in [3.8, 4) is 5.88 Å². The van der Waals surface area contributed by atoms with E-state index in [4.69, 9.17) is 4.74 Å². The molecule has 0 aliphatic heterocycles. The number of ether oxygens (including phenoxy) is 1. The average molecular weight is 293 g/mol. The summed E-state index contributed by atoms with van der Waals surface area (Å²) in [6, 6.07) is 1.64. The molecule has 21 heavy (non-hydrogen) atoms. The number of carboxylic acid groups (broad SMARTS) is 1. The van der Waals surface area contributed by atoms with Crippen LogP contribution in [0.5, 0.6) is 5.88 Å². The quantitative estimate of drug-likeness (QED) is 0.868. The summed E-state index contributed by atoms with van der Waals surface area (Å²) in [6.07, 6.45) is 4.20. The van der Waals surface area contributed by atoms with Crippen molar-refractivity contribution in [1.29, 1.82) is 0 Å². The summed E-state index contributed by atoms with van der Waals surface area (Å²) in [6.45, 7) is 3.92. The summed E-state index contributed by atoms with van der Waals surface area (Å²) in [5.74, 6) is 1.32. The van der Waals surface area contributed by atoms with Gasteiger partial charge in [-0.15, -0.1) is 0 Å². The van der Waals surface area contributed by atoms with Gasteiger partial charge in [0.25, 0.3) is 0 Å². The average Bonchev–Trinajstić information content (AvgIpc) is 2.47. The second-order valence-electron chi connectivity index (χ2n) is 5.71. The molecule has 0 aromatic carbocycles. The number of nitrogens with one attached hydrogen (secondary N) is 1. The van der Waals surface area contributed by atoms with Crippen molar-refractivity contribution in [3.05, 3.63) is 11.9 Å². The van der Waals surface area contributed by atoms with Crippen LogP contribution in [0.15, 0.2) is 6.07 Å². The maximum Gasteiger partial charge on any atom is 0.329 e. The lowest BCUT2D eigenvalue weighted by molar-refractivity contribution is -0.143. The van der Waals surface area contributed by atoms with Gasteiger partial charge in [0, 0.05) is 6.07 Å². The fourth-order valence-corrected chi connectivity index (χ4v) is 2.93. The summed E-state index contributed by atoms with van der Waals surface area (Å²) in [5.41, 5.74) is -0.933. The van der Waals surface area contributed by atoms with Crippen molar-refractivity contribution in [2.75, 3.05) is 12.4 Å². The molecule has 6 heteroatoms. The Morgan fingerprint density at radius 2 is 2.14 bits per heavy atom. The van der Waals surface area contributed by atoms with Gasteiger partial charge in [-0.2, -0.15) is 4.98 Å². The molecule has 1 saturated carbocycles. The van der Waals surface area contributed by atoms with Crippen molar-refractivity contribution in [2.24, 2.45) is 5.92 Å². The van der Waals surface area contributed by atoms with Crippen molar-refractivity contribution in [2.45, 2.75) is 51.5 Å². The van der Waals surface area contributed by atoms with Gasteiger partial charge in [0.05, 0.1) is 7.11 Å². The van der Waals surface area contributed by atoms with Crippen LogP contribution in [0.3, 0.4) is 0 Å². The molecule has 0 radical (unpaired) electrons. The molecule has 2 rings (SSSR count). The summed E-state index contributed by atoms with van der Waals surface area (Å²) < 4.78 is 5.11. The molecule has 1 aromatic heterocycles. The third kappa shape index (κ3) is 3.43. The first-order valence-electron chi connectivity index (χ1n) is 7.40. The lowest BCUT2D eigenvalue weighted by Gasteiger charge is -2.37. The lowest BCUT2D eigenvalue weighted by atomic mass is 9.75.